The molecule has 0 fully saturated rings. The fourth-order valence-corrected chi connectivity index (χ4v) is 1.37. The van der Waals surface area contributed by atoms with Crippen molar-refractivity contribution in [2.75, 3.05) is 27.2 Å². The molecule has 0 aromatic rings. The van der Waals surface area contributed by atoms with Crippen molar-refractivity contribution in [1.29, 1.82) is 0 Å². The number of allylic oxidation sites excluding steroid dienone is 3. The molecule has 0 N–H and O–H groups in total. The van der Waals surface area contributed by atoms with E-state index in [-0.39, 0.29) is 0 Å². The fourth-order valence-electron chi connectivity index (χ4n) is 1.37. The smallest absolute Gasteiger partial charge is 0.117 e. The van der Waals surface area contributed by atoms with Crippen LogP contribution in [0.5, 0.6) is 0 Å². The zero-order chi connectivity index (χ0) is 12.6. The van der Waals surface area contributed by atoms with E-state index in [1.165, 1.54) is 17.6 Å². The molecular formula is C14H27NO. The maximum atomic E-state index is 5.78. The maximum Gasteiger partial charge on any atom is 0.117 e. The number of rotatable bonds is 7. The van der Waals surface area contributed by atoms with Gasteiger partial charge in [0, 0.05) is 0 Å². The third kappa shape index (κ3) is 6.67. The monoisotopic (exact) mass is 225 g/mol. The van der Waals surface area contributed by atoms with E-state index in [4.69, 9.17) is 4.74 Å². The molecule has 2 heteroatoms. The quantitative estimate of drug-likeness (QED) is 0.373. The van der Waals surface area contributed by atoms with Gasteiger partial charge >= 0.3 is 0 Å². The SMILES string of the molecule is C/C=C(/OCCCCN(C)C)C(C)=C(C)C. The molecule has 0 saturated heterocycles. The van der Waals surface area contributed by atoms with E-state index in [0.29, 0.717) is 0 Å². The molecule has 16 heavy (non-hydrogen) atoms. The summed E-state index contributed by atoms with van der Waals surface area (Å²) in [5.41, 5.74) is 2.58. The van der Waals surface area contributed by atoms with E-state index in [2.05, 4.69) is 39.8 Å². The summed E-state index contributed by atoms with van der Waals surface area (Å²) in [6.45, 7) is 10.3. The first-order valence-electron chi connectivity index (χ1n) is 6.07. The highest BCUT2D eigenvalue weighted by Gasteiger charge is 2.01. The van der Waals surface area contributed by atoms with E-state index in [1.54, 1.807) is 0 Å². The van der Waals surface area contributed by atoms with Gasteiger partial charge in [0.05, 0.1) is 6.61 Å². The largest absolute Gasteiger partial charge is 0.494 e. The highest BCUT2D eigenvalue weighted by atomic mass is 16.5. The standard InChI is InChI=1S/C14H27NO/c1-7-14(13(4)12(2)3)16-11-9-8-10-15(5)6/h7H,8-11H2,1-6H3/b14-7+. The second kappa shape index (κ2) is 8.40. The van der Waals surface area contributed by atoms with Crippen LogP contribution in [0.25, 0.3) is 0 Å². The van der Waals surface area contributed by atoms with Crippen molar-refractivity contribution >= 4 is 0 Å². The molecule has 0 atom stereocenters. The van der Waals surface area contributed by atoms with Crippen molar-refractivity contribution < 1.29 is 4.74 Å². The van der Waals surface area contributed by atoms with Gasteiger partial charge in [-0.1, -0.05) is 5.57 Å². The molecule has 0 saturated carbocycles. The first-order chi connectivity index (χ1) is 7.49. The van der Waals surface area contributed by atoms with Gasteiger partial charge in [-0.05, 0) is 72.8 Å². The molecule has 0 aliphatic rings. The van der Waals surface area contributed by atoms with Crippen LogP contribution in [0.3, 0.4) is 0 Å². The highest BCUT2D eigenvalue weighted by Crippen LogP contribution is 2.15. The molecule has 0 bridgehead atoms. The highest BCUT2D eigenvalue weighted by molar-refractivity contribution is 5.26. The lowest BCUT2D eigenvalue weighted by Gasteiger charge is -2.13. The minimum absolute atomic E-state index is 0.818. The van der Waals surface area contributed by atoms with E-state index in [9.17, 15) is 0 Å². The third-order valence-corrected chi connectivity index (χ3v) is 2.64. The van der Waals surface area contributed by atoms with Crippen LogP contribution in [0.1, 0.15) is 40.5 Å². The summed E-state index contributed by atoms with van der Waals surface area (Å²) in [5.74, 6) is 1.03. The van der Waals surface area contributed by atoms with Gasteiger partial charge in [-0.2, -0.15) is 0 Å². The van der Waals surface area contributed by atoms with Crippen LogP contribution in [0.15, 0.2) is 23.0 Å². The number of nitrogens with zero attached hydrogens (tertiary/aromatic N) is 1. The molecule has 0 spiro atoms. The Kier molecular flexibility index (Phi) is 8.00. The van der Waals surface area contributed by atoms with Gasteiger partial charge < -0.3 is 9.64 Å². The first kappa shape index (κ1) is 15.2. The van der Waals surface area contributed by atoms with E-state index >= 15 is 0 Å². The zero-order valence-corrected chi connectivity index (χ0v) is 11.8. The third-order valence-electron chi connectivity index (χ3n) is 2.64. The summed E-state index contributed by atoms with van der Waals surface area (Å²) in [6, 6.07) is 0. The van der Waals surface area contributed by atoms with Crippen LogP contribution >= 0.6 is 0 Å². The minimum atomic E-state index is 0.818. The Morgan fingerprint density at radius 3 is 2.19 bits per heavy atom. The molecule has 2 nitrogen and oxygen atoms in total. The predicted octanol–water partition coefficient (Wildman–Crippen LogP) is 3.60. The molecule has 0 aliphatic heterocycles. The first-order valence-corrected chi connectivity index (χ1v) is 6.07. The molecule has 0 heterocycles. The van der Waals surface area contributed by atoms with Gasteiger partial charge in [0.2, 0.25) is 0 Å². The molecule has 0 aliphatic carbocycles. The van der Waals surface area contributed by atoms with Crippen LogP contribution < -0.4 is 0 Å². The Morgan fingerprint density at radius 2 is 1.75 bits per heavy atom. The van der Waals surface area contributed by atoms with E-state index < -0.39 is 0 Å². The van der Waals surface area contributed by atoms with Crippen molar-refractivity contribution in [2.24, 2.45) is 0 Å². The van der Waals surface area contributed by atoms with Crippen LogP contribution in [0.2, 0.25) is 0 Å². The molecule has 0 aromatic heterocycles. The van der Waals surface area contributed by atoms with E-state index in [1.807, 2.05) is 13.0 Å². The predicted molar refractivity (Wildman–Crippen MR) is 71.5 cm³/mol. The Bertz CT molecular complexity index is 247. The molecule has 0 unspecified atom stereocenters. The van der Waals surface area contributed by atoms with Crippen LogP contribution in [-0.4, -0.2) is 32.1 Å². The Morgan fingerprint density at radius 1 is 1.12 bits per heavy atom. The summed E-state index contributed by atoms with van der Waals surface area (Å²) < 4.78 is 5.78. The van der Waals surface area contributed by atoms with Gasteiger partial charge in [0.25, 0.3) is 0 Å². The van der Waals surface area contributed by atoms with Gasteiger partial charge in [0.1, 0.15) is 5.76 Å². The minimum Gasteiger partial charge on any atom is -0.494 e. The molecule has 0 aromatic carbocycles. The molecule has 0 radical (unpaired) electrons. The van der Waals surface area contributed by atoms with E-state index in [0.717, 1.165) is 25.3 Å². The lowest BCUT2D eigenvalue weighted by atomic mass is 10.1. The lowest BCUT2D eigenvalue weighted by Crippen LogP contribution is -2.13. The van der Waals surface area contributed by atoms with Gasteiger partial charge in [-0.25, -0.2) is 0 Å². The lowest BCUT2D eigenvalue weighted by molar-refractivity contribution is 0.208. The van der Waals surface area contributed by atoms with Crippen LogP contribution in [0, 0.1) is 0 Å². The van der Waals surface area contributed by atoms with Crippen molar-refractivity contribution in [3.8, 4) is 0 Å². The van der Waals surface area contributed by atoms with Gasteiger partial charge in [-0.15, -0.1) is 0 Å². The number of ether oxygens (including phenoxy) is 1. The second-order valence-electron chi connectivity index (χ2n) is 4.64. The van der Waals surface area contributed by atoms with Gasteiger partial charge in [0.15, 0.2) is 0 Å². The molecule has 94 valence electrons. The van der Waals surface area contributed by atoms with Crippen molar-refractivity contribution in [3.63, 3.8) is 0 Å². The van der Waals surface area contributed by atoms with Crippen molar-refractivity contribution in [2.45, 2.75) is 40.5 Å². The fraction of sp³-hybridized carbons (Fsp3) is 0.714. The normalized spacial score (nSPS) is 11.8. The topological polar surface area (TPSA) is 12.5 Å². The summed E-state index contributed by atoms with van der Waals surface area (Å²) in [4.78, 5) is 2.21. The summed E-state index contributed by atoms with van der Waals surface area (Å²) >= 11 is 0. The number of hydrogen-bond donors (Lipinski definition) is 0. The van der Waals surface area contributed by atoms with Crippen LogP contribution in [0.4, 0.5) is 0 Å². The molecule has 0 rings (SSSR count). The number of hydrogen-bond acceptors (Lipinski definition) is 2. The Hall–Kier alpha value is -0.760. The maximum absolute atomic E-state index is 5.78. The second-order valence-corrected chi connectivity index (χ2v) is 4.64. The summed E-state index contributed by atoms with van der Waals surface area (Å²) in [5, 5.41) is 0. The van der Waals surface area contributed by atoms with Crippen molar-refractivity contribution in [1.82, 2.24) is 4.90 Å². The zero-order valence-electron chi connectivity index (χ0n) is 11.8. The Labute approximate surface area is 101 Å². The van der Waals surface area contributed by atoms with Gasteiger partial charge in [-0.3, -0.25) is 0 Å². The van der Waals surface area contributed by atoms with Crippen LogP contribution in [-0.2, 0) is 4.74 Å². The average Bonchev–Trinajstić information content (AvgIpc) is 2.22. The van der Waals surface area contributed by atoms with Crippen molar-refractivity contribution in [3.05, 3.63) is 23.0 Å². The molecular weight excluding hydrogens is 198 g/mol. The average molecular weight is 225 g/mol. The summed E-state index contributed by atoms with van der Waals surface area (Å²) in [7, 11) is 4.21. The molecule has 0 amide bonds. The summed E-state index contributed by atoms with van der Waals surface area (Å²) in [6.07, 6.45) is 4.36. The Balaban J connectivity index is 3.87. The number of unbranched alkanes of at least 4 members (excludes halogenated alkanes) is 1.